The summed E-state index contributed by atoms with van der Waals surface area (Å²) in [7, 11) is 1.64. The number of carbonyl (C=O) groups is 1. The lowest BCUT2D eigenvalue weighted by Crippen LogP contribution is -2.32. The predicted molar refractivity (Wildman–Crippen MR) is 140 cm³/mol. The van der Waals surface area contributed by atoms with E-state index in [1.165, 1.54) is 57.8 Å². The van der Waals surface area contributed by atoms with Crippen LogP contribution >= 0.6 is 0 Å². The summed E-state index contributed by atoms with van der Waals surface area (Å²) in [6.45, 7) is 8.09. The summed E-state index contributed by atoms with van der Waals surface area (Å²) >= 11 is 0. The SMILES string of the molecule is CCCCCCCCCCCCOc1ccc(N(Cc2cc[n+](CC)cc2)C(C)=O)cc1OC. The van der Waals surface area contributed by atoms with E-state index in [2.05, 4.69) is 30.5 Å². The number of amides is 1. The van der Waals surface area contributed by atoms with Gasteiger partial charge >= 0.3 is 0 Å². The van der Waals surface area contributed by atoms with Crippen molar-refractivity contribution in [2.75, 3.05) is 18.6 Å². The van der Waals surface area contributed by atoms with Gasteiger partial charge < -0.3 is 14.4 Å². The molecule has 188 valence electrons. The van der Waals surface area contributed by atoms with Crippen molar-refractivity contribution in [1.82, 2.24) is 0 Å². The molecule has 5 heteroatoms. The van der Waals surface area contributed by atoms with Crippen LogP contribution in [-0.4, -0.2) is 19.6 Å². The number of rotatable bonds is 17. The van der Waals surface area contributed by atoms with Crippen molar-refractivity contribution >= 4 is 11.6 Å². The average molecular weight is 470 g/mol. The normalized spacial score (nSPS) is 10.8. The molecule has 34 heavy (non-hydrogen) atoms. The highest BCUT2D eigenvalue weighted by atomic mass is 16.5. The molecular weight excluding hydrogens is 424 g/mol. The van der Waals surface area contributed by atoms with Crippen LogP contribution in [0.15, 0.2) is 42.7 Å². The average Bonchev–Trinajstić information content (AvgIpc) is 2.86. The van der Waals surface area contributed by atoms with Crippen LogP contribution in [0.3, 0.4) is 0 Å². The first-order valence-corrected chi connectivity index (χ1v) is 13.2. The lowest BCUT2D eigenvalue weighted by molar-refractivity contribution is -0.693. The number of aromatic nitrogens is 1. The molecule has 1 aromatic heterocycles. The van der Waals surface area contributed by atoms with Gasteiger partial charge in [0.1, 0.15) is 6.54 Å². The second kappa shape index (κ2) is 16.1. The molecule has 0 radical (unpaired) electrons. The van der Waals surface area contributed by atoms with Gasteiger partial charge in [0.05, 0.1) is 20.3 Å². The maximum atomic E-state index is 12.4. The Hall–Kier alpha value is -2.56. The van der Waals surface area contributed by atoms with Crippen molar-refractivity contribution in [3.8, 4) is 11.5 Å². The molecule has 1 aromatic carbocycles. The van der Waals surface area contributed by atoms with Gasteiger partial charge in [-0.15, -0.1) is 0 Å². The molecule has 1 heterocycles. The van der Waals surface area contributed by atoms with Crippen molar-refractivity contribution in [2.24, 2.45) is 0 Å². The van der Waals surface area contributed by atoms with E-state index in [-0.39, 0.29) is 5.91 Å². The molecule has 0 saturated carbocycles. The number of ether oxygens (including phenoxy) is 2. The molecular formula is C29H45N2O3+. The number of nitrogens with zero attached hydrogens (tertiary/aromatic N) is 2. The van der Waals surface area contributed by atoms with E-state index in [1.807, 2.05) is 30.6 Å². The van der Waals surface area contributed by atoms with Crippen molar-refractivity contribution in [2.45, 2.75) is 98.1 Å². The summed E-state index contributed by atoms with van der Waals surface area (Å²) < 4.78 is 13.7. The van der Waals surface area contributed by atoms with Crippen LogP contribution in [-0.2, 0) is 17.9 Å². The quantitative estimate of drug-likeness (QED) is 0.188. The van der Waals surface area contributed by atoms with Crippen LogP contribution in [0, 0.1) is 0 Å². The third-order valence-electron chi connectivity index (χ3n) is 6.26. The second-order valence-corrected chi connectivity index (χ2v) is 9.01. The summed E-state index contributed by atoms with van der Waals surface area (Å²) in [6, 6.07) is 9.86. The number of aryl methyl sites for hydroxylation is 1. The van der Waals surface area contributed by atoms with E-state index in [4.69, 9.17) is 9.47 Å². The minimum Gasteiger partial charge on any atom is -0.493 e. The smallest absolute Gasteiger partial charge is 0.224 e. The fraction of sp³-hybridized carbons (Fsp3) is 0.586. The van der Waals surface area contributed by atoms with Gasteiger partial charge in [0.2, 0.25) is 5.91 Å². The van der Waals surface area contributed by atoms with Crippen molar-refractivity contribution in [1.29, 1.82) is 0 Å². The van der Waals surface area contributed by atoms with E-state index in [0.717, 1.165) is 30.0 Å². The highest BCUT2D eigenvalue weighted by molar-refractivity contribution is 5.91. The monoisotopic (exact) mass is 469 g/mol. The lowest BCUT2D eigenvalue weighted by atomic mass is 10.1. The van der Waals surface area contributed by atoms with E-state index in [0.29, 0.717) is 18.9 Å². The van der Waals surface area contributed by atoms with Crippen LogP contribution < -0.4 is 18.9 Å². The number of benzene rings is 1. The number of anilines is 1. The molecule has 0 spiro atoms. The molecule has 0 atom stereocenters. The Morgan fingerprint density at radius 2 is 1.47 bits per heavy atom. The van der Waals surface area contributed by atoms with Gasteiger partial charge in [-0.3, -0.25) is 4.79 Å². The van der Waals surface area contributed by atoms with Crippen molar-refractivity contribution < 1.29 is 18.8 Å². The fourth-order valence-electron chi connectivity index (χ4n) is 4.09. The Balaban J connectivity index is 1.82. The highest BCUT2D eigenvalue weighted by Crippen LogP contribution is 2.32. The maximum absolute atomic E-state index is 12.4. The molecule has 0 N–H and O–H groups in total. The van der Waals surface area contributed by atoms with Gasteiger partial charge in [-0.1, -0.05) is 64.7 Å². The Morgan fingerprint density at radius 3 is 2.03 bits per heavy atom. The van der Waals surface area contributed by atoms with E-state index in [9.17, 15) is 4.79 Å². The molecule has 0 unspecified atom stereocenters. The lowest BCUT2D eigenvalue weighted by Gasteiger charge is -2.22. The summed E-state index contributed by atoms with van der Waals surface area (Å²) in [6.07, 6.45) is 17.1. The summed E-state index contributed by atoms with van der Waals surface area (Å²) in [5.74, 6) is 1.38. The standard InChI is InChI=1S/C29H45N2O3/c1-5-7-8-9-10-11-12-13-14-15-22-34-28-17-16-27(23-29(28)33-4)31(25(3)32)24-26-18-20-30(6-2)21-19-26/h16-21,23H,5-15,22,24H2,1-4H3/q+1. The number of unbranched alkanes of at least 4 members (excludes halogenated alkanes) is 9. The number of hydrogen-bond donors (Lipinski definition) is 0. The zero-order valence-corrected chi connectivity index (χ0v) is 21.9. The third kappa shape index (κ3) is 9.74. The minimum absolute atomic E-state index is 0.00620. The van der Waals surface area contributed by atoms with Gasteiger partial charge in [0.15, 0.2) is 23.9 Å². The minimum atomic E-state index is -0.00620. The zero-order chi connectivity index (χ0) is 24.6. The summed E-state index contributed by atoms with van der Waals surface area (Å²) in [4.78, 5) is 14.2. The van der Waals surface area contributed by atoms with Gasteiger partial charge in [-0.05, 0) is 31.0 Å². The molecule has 0 aliphatic heterocycles. The molecule has 0 bridgehead atoms. The molecule has 0 aliphatic carbocycles. The maximum Gasteiger partial charge on any atom is 0.224 e. The first-order chi connectivity index (χ1) is 16.6. The van der Waals surface area contributed by atoms with Crippen LogP contribution in [0.25, 0.3) is 0 Å². The van der Waals surface area contributed by atoms with Crippen LogP contribution in [0.5, 0.6) is 11.5 Å². The molecule has 5 nitrogen and oxygen atoms in total. The zero-order valence-electron chi connectivity index (χ0n) is 21.9. The number of hydrogen-bond acceptors (Lipinski definition) is 3. The van der Waals surface area contributed by atoms with Crippen LogP contribution in [0.4, 0.5) is 5.69 Å². The van der Waals surface area contributed by atoms with Gasteiger partial charge in [-0.25, -0.2) is 4.57 Å². The molecule has 1 amide bonds. The van der Waals surface area contributed by atoms with Gasteiger partial charge in [0.25, 0.3) is 0 Å². The number of methoxy groups -OCH3 is 1. The highest BCUT2D eigenvalue weighted by Gasteiger charge is 2.16. The van der Waals surface area contributed by atoms with Crippen LogP contribution in [0.1, 0.15) is 90.5 Å². The molecule has 0 fully saturated rings. The first kappa shape index (κ1) is 27.7. The first-order valence-electron chi connectivity index (χ1n) is 13.2. The fourth-order valence-corrected chi connectivity index (χ4v) is 4.09. The second-order valence-electron chi connectivity index (χ2n) is 9.01. The van der Waals surface area contributed by atoms with Crippen molar-refractivity contribution in [3.63, 3.8) is 0 Å². The Morgan fingerprint density at radius 1 is 0.853 bits per heavy atom. The summed E-state index contributed by atoms with van der Waals surface area (Å²) in [5.41, 5.74) is 1.89. The van der Waals surface area contributed by atoms with Gasteiger partial charge in [0, 0.05) is 30.8 Å². The molecule has 0 aliphatic rings. The predicted octanol–water partition coefficient (Wildman–Crippen LogP) is 6.86. The van der Waals surface area contributed by atoms with E-state index in [1.54, 1.807) is 18.9 Å². The Bertz CT molecular complexity index is 836. The summed E-state index contributed by atoms with van der Waals surface area (Å²) in [5, 5.41) is 0. The number of carbonyl (C=O) groups excluding carboxylic acids is 1. The Labute approximate surface area is 207 Å². The molecule has 2 aromatic rings. The third-order valence-corrected chi connectivity index (χ3v) is 6.26. The van der Waals surface area contributed by atoms with Crippen LogP contribution in [0.2, 0.25) is 0 Å². The van der Waals surface area contributed by atoms with Gasteiger partial charge in [-0.2, -0.15) is 0 Å². The Kier molecular flexibility index (Phi) is 13.1. The van der Waals surface area contributed by atoms with Crippen molar-refractivity contribution in [3.05, 3.63) is 48.3 Å². The van der Waals surface area contributed by atoms with E-state index >= 15 is 0 Å². The largest absolute Gasteiger partial charge is 0.493 e. The molecule has 2 rings (SSSR count). The number of pyridine rings is 1. The topological polar surface area (TPSA) is 42.7 Å². The van der Waals surface area contributed by atoms with E-state index < -0.39 is 0 Å². The molecule has 0 saturated heterocycles.